The number of hydrogen-bond acceptors (Lipinski definition) is 5. The van der Waals surface area contributed by atoms with Crippen molar-refractivity contribution in [3.05, 3.63) is 82.7 Å². The van der Waals surface area contributed by atoms with E-state index in [0.29, 0.717) is 5.41 Å². The maximum atomic E-state index is 5.41. The van der Waals surface area contributed by atoms with Gasteiger partial charge in [0, 0.05) is 36.9 Å². The Balaban J connectivity index is 1.10. The van der Waals surface area contributed by atoms with Gasteiger partial charge in [0.05, 0.1) is 30.9 Å². The van der Waals surface area contributed by atoms with E-state index < -0.39 is 0 Å². The highest BCUT2D eigenvalue weighted by Gasteiger charge is 2.50. The Hall–Kier alpha value is -2.92. The van der Waals surface area contributed by atoms with E-state index in [4.69, 9.17) is 9.72 Å². The molecule has 0 N–H and O–H groups in total. The van der Waals surface area contributed by atoms with Crippen molar-refractivity contribution < 1.29 is 4.74 Å². The number of rotatable bonds is 5. The summed E-state index contributed by atoms with van der Waals surface area (Å²) in [6.07, 6.45) is 6.86. The van der Waals surface area contributed by atoms with E-state index in [2.05, 4.69) is 70.2 Å². The molecule has 4 heterocycles. The van der Waals surface area contributed by atoms with Gasteiger partial charge in [-0.3, -0.25) is 0 Å². The van der Waals surface area contributed by atoms with Crippen LogP contribution in [0.25, 0.3) is 0 Å². The zero-order valence-electron chi connectivity index (χ0n) is 20.0. The highest BCUT2D eigenvalue weighted by Crippen LogP contribution is 2.50. The molecule has 1 aliphatic carbocycles. The predicted molar refractivity (Wildman–Crippen MR) is 135 cm³/mol. The highest BCUT2D eigenvalue weighted by molar-refractivity contribution is 5.61. The summed E-state index contributed by atoms with van der Waals surface area (Å²) in [6, 6.07) is 18.5. The molecule has 0 radical (unpaired) electrons. The maximum Gasteiger partial charge on any atom is 0.225 e. The standard InChI is InChI=1S/C29H32N4O/c1-21-3-5-23(6-4-21)29(11-2-12-29)24-7-8-26-22(15-24)10-14-32(26)16-25-9-13-30-27(31-25)33-17-28(18-33)19-34-20-28/h3-9,13,15H,2,10-12,14,16-20H2,1H3. The number of nitrogens with zero attached hydrogens (tertiary/aromatic N) is 4. The highest BCUT2D eigenvalue weighted by atomic mass is 16.5. The number of aryl methyl sites for hydroxylation is 1. The van der Waals surface area contributed by atoms with Gasteiger partial charge in [-0.15, -0.1) is 0 Å². The number of ether oxygens (including phenoxy) is 1. The van der Waals surface area contributed by atoms with Crippen LogP contribution in [0.1, 0.15) is 47.2 Å². The maximum absolute atomic E-state index is 5.41. The van der Waals surface area contributed by atoms with E-state index in [0.717, 1.165) is 57.5 Å². The van der Waals surface area contributed by atoms with Crippen molar-refractivity contribution in [1.29, 1.82) is 0 Å². The zero-order chi connectivity index (χ0) is 22.8. The van der Waals surface area contributed by atoms with Crippen molar-refractivity contribution in [3.8, 4) is 0 Å². The van der Waals surface area contributed by atoms with Crippen molar-refractivity contribution in [2.75, 3.05) is 42.6 Å². The van der Waals surface area contributed by atoms with Crippen LogP contribution in [0.5, 0.6) is 0 Å². The lowest BCUT2D eigenvalue weighted by molar-refractivity contribution is -0.127. The molecule has 34 heavy (non-hydrogen) atoms. The second-order valence-corrected chi connectivity index (χ2v) is 11.0. The zero-order valence-corrected chi connectivity index (χ0v) is 20.0. The molecule has 3 aromatic rings. The average molecular weight is 453 g/mol. The molecule has 5 nitrogen and oxygen atoms in total. The van der Waals surface area contributed by atoms with E-state index in [1.807, 2.05) is 6.20 Å². The third kappa shape index (κ3) is 3.17. The minimum atomic E-state index is 0.206. The van der Waals surface area contributed by atoms with Crippen LogP contribution in [0.15, 0.2) is 54.7 Å². The molecular weight excluding hydrogens is 420 g/mol. The molecule has 0 bridgehead atoms. The van der Waals surface area contributed by atoms with Gasteiger partial charge in [-0.05, 0) is 55.0 Å². The largest absolute Gasteiger partial charge is 0.380 e. The molecule has 0 unspecified atom stereocenters. The fourth-order valence-corrected chi connectivity index (χ4v) is 6.38. The van der Waals surface area contributed by atoms with Gasteiger partial charge in [0.1, 0.15) is 0 Å². The summed E-state index contributed by atoms with van der Waals surface area (Å²) in [7, 11) is 0. The normalized spacial score (nSPS) is 21.6. The Morgan fingerprint density at radius 3 is 2.47 bits per heavy atom. The number of fused-ring (bicyclic) bond motifs is 1. The van der Waals surface area contributed by atoms with Gasteiger partial charge in [0.25, 0.3) is 0 Å². The van der Waals surface area contributed by atoms with E-state index >= 15 is 0 Å². The number of anilines is 2. The Morgan fingerprint density at radius 2 is 1.76 bits per heavy atom. The van der Waals surface area contributed by atoms with Crippen LogP contribution >= 0.6 is 0 Å². The van der Waals surface area contributed by atoms with Crippen LogP contribution in [0.3, 0.4) is 0 Å². The molecule has 1 spiro atoms. The second-order valence-electron chi connectivity index (χ2n) is 11.0. The SMILES string of the molecule is Cc1ccc(C2(c3ccc4c(c3)CCN4Cc3ccnc(N4CC5(COC5)C4)n3)CCC2)cc1. The number of benzene rings is 2. The van der Waals surface area contributed by atoms with Gasteiger partial charge in [-0.25, -0.2) is 9.97 Å². The van der Waals surface area contributed by atoms with Crippen LogP contribution in [-0.2, 0) is 23.1 Å². The summed E-state index contributed by atoms with van der Waals surface area (Å²) >= 11 is 0. The third-order valence-electron chi connectivity index (χ3n) is 8.64. The fraction of sp³-hybridized carbons (Fsp3) is 0.448. The van der Waals surface area contributed by atoms with Crippen molar-refractivity contribution in [1.82, 2.24) is 9.97 Å². The van der Waals surface area contributed by atoms with Crippen molar-refractivity contribution in [2.45, 2.75) is 44.6 Å². The smallest absolute Gasteiger partial charge is 0.225 e. The molecule has 7 rings (SSSR count). The summed E-state index contributed by atoms with van der Waals surface area (Å²) in [5.74, 6) is 0.870. The summed E-state index contributed by atoms with van der Waals surface area (Å²) < 4.78 is 5.41. The van der Waals surface area contributed by atoms with Crippen LogP contribution in [0.2, 0.25) is 0 Å². The quantitative estimate of drug-likeness (QED) is 0.564. The monoisotopic (exact) mass is 452 g/mol. The van der Waals surface area contributed by atoms with Crippen molar-refractivity contribution in [2.24, 2.45) is 5.41 Å². The number of aromatic nitrogens is 2. The van der Waals surface area contributed by atoms with Crippen molar-refractivity contribution >= 4 is 11.6 Å². The summed E-state index contributed by atoms with van der Waals surface area (Å²) in [5.41, 5.74) is 8.85. The molecule has 3 fully saturated rings. The van der Waals surface area contributed by atoms with E-state index in [1.165, 1.54) is 47.2 Å². The summed E-state index contributed by atoms with van der Waals surface area (Å²) in [5, 5.41) is 0. The Labute approximate surface area is 201 Å². The Kier molecular flexibility index (Phi) is 4.54. The molecule has 1 saturated carbocycles. The van der Waals surface area contributed by atoms with Gasteiger partial charge in [-0.2, -0.15) is 0 Å². The minimum Gasteiger partial charge on any atom is -0.380 e. The first-order valence-corrected chi connectivity index (χ1v) is 12.7. The van der Waals surface area contributed by atoms with Gasteiger partial charge in [0.2, 0.25) is 5.95 Å². The molecular formula is C29H32N4O. The molecule has 3 aliphatic heterocycles. The predicted octanol–water partition coefficient (Wildman–Crippen LogP) is 4.65. The first kappa shape index (κ1) is 20.5. The van der Waals surface area contributed by atoms with Gasteiger partial charge < -0.3 is 14.5 Å². The first-order valence-electron chi connectivity index (χ1n) is 12.7. The Morgan fingerprint density at radius 1 is 0.971 bits per heavy atom. The first-order chi connectivity index (χ1) is 16.6. The molecule has 0 amide bonds. The minimum absolute atomic E-state index is 0.206. The van der Waals surface area contributed by atoms with E-state index in [1.54, 1.807) is 0 Å². The average Bonchev–Trinajstić information content (AvgIpc) is 3.15. The van der Waals surface area contributed by atoms with Crippen LogP contribution in [-0.4, -0.2) is 42.8 Å². The van der Waals surface area contributed by atoms with Crippen LogP contribution in [0.4, 0.5) is 11.6 Å². The lowest BCUT2D eigenvalue weighted by Gasteiger charge is -2.54. The molecule has 2 saturated heterocycles. The molecule has 5 heteroatoms. The van der Waals surface area contributed by atoms with Gasteiger partial charge >= 0.3 is 0 Å². The van der Waals surface area contributed by atoms with Crippen LogP contribution < -0.4 is 9.80 Å². The molecule has 174 valence electrons. The Bertz CT molecular complexity index is 1220. The molecule has 1 aromatic heterocycles. The van der Waals surface area contributed by atoms with Crippen molar-refractivity contribution in [3.63, 3.8) is 0 Å². The molecule has 4 aliphatic rings. The topological polar surface area (TPSA) is 41.5 Å². The number of hydrogen-bond donors (Lipinski definition) is 0. The fourth-order valence-electron chi connectivity index (χ4n) is 6.38. The van der Waals surface area contributed by atoms with Gasteiger partial charge in [0.15, 0.2) is 0 Å². The molecule has 0 atom stereocenters. The lowest BCUT2D eigenvalue weighted by Crippen LogP contribution is -2.66. The van der Waals surface area contributed by atoms with Crippen LogP contribution in [0, 0.1) is 12.3 Å². The molecule has 2 aromatic carbocycles. The van der Waals surface area contributed by atoms with Gasteiger partial charge in [-0.1, -0.05) is 48.4 Å². The summed E-state index contributed by atoms with van der Waals surface area (Å²) in [6.45, 7) is 7.89. The third-order valence-corrected chi connectivity index (χ3v) is 8.64. The van der Waals surface area contributed by atoms with E-state index in [-0.39, 0.29) is 5.41 Å². The van der Waals surface area contributed by atoms with E-state index in [9.17, 15) is 0 Å². The second kappa shape index (κ2) is 7.54. The summed E-state index contributed by atoms with van der Waals surface area (Å²) in [4.78, 5) is 14.2. The lowest BCUT2D eigenvalue weighted by atomic mass is 9.60.